The lowest BCUT2D eigenvalue weighted by atomic mass is 10.1. The molecule has 0 aliphatic rings. The van der Waals surface area contributed by atoms with Gasteiger partial charge in [0, 0.05) is 17.3 Å². The summed E-state index contributed by atoms with van der Waals surface area (Å²) in [5.74, 6) is 1.02. The Morgan fingerprint density at radius 2 is 1.86 bits per heavy atom. The van der Waals surface area contributed by atoms with E-state index >= 15 is 0 Å². The number of nitrogens with zero attached hydrogens (tertiary/aromatic N) is 1. The number of benzene rings is 1. The minimum Gasteiger partial charge on any atom is -0.497 e. The van der Waals surface area contributed by atoms with Crippen LogP contribution >= 0.6 is 0 Å². The predicted molar refractivity (Wildman–Crippen MR) is 86.6 cm³/mol. The molecule has 5 nitrogen and oxygen atoms in total. The Labute approximate surface area is 130 Å². The number of hydrogen-bond donors (Lipinski definition) is 1. The first-order valence-corrected chi connectivity index (χ1v) is 7.14. The molecule has 1 aromatic carbocycles. The van der Waals surface area contributed by atoms with E-state index in [2.05, 4.69) is 18.4 Å². The number of hydrogen-bond acceptors (Lipinski definition) is 3. The van der Waals surface area contributed by atoms with E-state index < -0.39 is 5.91 Å². The smallest absolute Gasteiger partial charge is 0.250 e. The van der Waals surface area contributed by atoms with Crippen LogP contribution < -0.4 is 15.2 Å². The van der Waals surface area contributed by atoms with Gasteiger partial charge in [-0.05, 0) is 45.0 Å². The Morgan fingerprint density at radius 3 is 2.36 bits per heavy atom. The van der Waals surface area contributed by atoms with E-state index in [1.165, 1.54) is 0 Å². The highest BCUT2D eigenvalue weighted by Gasteiger charge is 2.21. The van der Waals surface area contributed by atoms with Gasteiger partial charge in [-0.15, -0.1) is 0 Å². The van der Waals surface area contributed by atoms with E-state index in [9.17, 15) is 4.79 Å². The van der Waals surface area contributed by atoms with Crippen LogP contribution in [0.1, 0.15) is 35.9 Å². The number of primary amides is 1. The molecule has 0 bridgehead atoms. The molecule has 5 heteroatoms. The fraction of sp³-hybridized carbons (Fsp3) is 0.353. The van der Waals surface area contributed by atoms with E-state index in [0.717, 1.165) is 28.5 Å². The third-order valence-corrected chi connectivity index (χ3v) is 3.76. The molecule has 1 amide bonds. The predicted octanol–water partition coefficient (Wildman–Crippen LogP) is 3.16. The lowest BCUT2D eigenvalue weighted by Gasteiger charge is -2.18. The monoisotopic (exact) mass is 302 g/mol. The molecule has 0 radical (unpaired) electrons. The fourth-order valence-electron chi connectivity index (χ4n) is 2.76. The maximum Gasteiger partial charge on any atom is 0.250 e. The molecular weight excluding hydrogens is 280 g/mol. The quantitative estimate of drug-likeness (QED) is 0.922. The number of ether oxygens (including phenoxy) is 2. The van der Waals surface area contributed by atoms with E-state index in [-0.39, 0.29) is 6.04 Å². The van der Waals surface area contributed by atoms with Crippen molar-refractivity contribution in [2.24, 2.45) is 5.73 Å². The zero-order chi connectivity index (χ0) is 16.4. The minimum atomic E-state index is -0.431. The van der Waals surface area contributed by atoms with Crippen LogP contribution in [0.5, 0.6) is 11.5 Å². The van der Waals surface area contributed by atoms with Crippen molar-refractivity contribution in [3.63, 3.8) is 0 Å². The second-order valence-corrected chi connectivity index (χ2v) is 5.42. The Hall–Kier alpha value is -2.43. The highest BCUT2D eigenvalue weighted by molar-refractivity contribution is 5.96. The molecular formula is C17H22N2O3. The van der Waals surface area contributed by atoms with Crippen molar-refractivity contribution >= 4 is 5.91 Å². The van der Waals surface area contributed by atoms with Crippen molar-refractivity contribution in [3.8, 4) is 22.8 Å². The van der Waals surface area contributed by atoms with Gasteiger partial charge in [0.15, 0.2) is 0 Å². The SMILES string of the molecule is COc1ccc(OC)c(-c2cc(C(N)=O)c(C)n2C(C)C)c1. The normalized spacial score (nSPS) is 10.8. The first-order valence-electron chi connectivity index (χ1n) is 7.14. The summed E-state index contributed by atoms with van der Waals surface area (Å²) in [6.45, 7) is 6.03. The average Bonchev–Trinajstić information content (AvgIpc) is 2.84. The van der Waals surface area contributed by atoms with Gasteiger partial charge in [0.1, 0.15) is 11.5 Å². The fourth-order valence-corrected chi connectivity index (χ4v) is 2.76. The van der Waals surface area contributed by atoms with Crippen LogP contribution in [-0.4, -0.2) is 24.7 Å². The van der Waals surface area contributed by atoms with Crippen molar-refractivity contribution in [1.29, 1.82) is 0 Å². The summed E-state index contributed by atoms with van der Waals surface area (Å²) in [6, 6.07) is 7.59. The number of rotatable bonds is 5. The zero-order valence-corrected chi connectivity index (χ0v) is 13.6. The second-order valence-electron chi connectivity index (χ2n) is 5.42. The molecule has 0 unspecified atom stereocenters. The summed E-state index contributed by atoms with van der Waals surface area (Å²) >= 11 is 0. The van der Waals surface area contributed by atoms with Gasteiger partial charge in [-0.1, -0.05) is 0 Å². The summed E-state index contributed by atoms with van der Waals surface area (Å²) in [7, 11) is 3.24. The van der Waals surface area contributed by atoms with Crippen LogP contribution in [-0.2, 0) is 0 Å². The molecule has 2 rings (SSSR count). The van der Waals surface area contributed by atoms with Crippen molar-refractivity contribution in [1.82, 2.24) is 4.57 Å². The molecule has 2 aromatic rings. The van der Waals surface area contributed by atoms with Crippen LogP contribution in [0.3, 0.4) is 0 Å². The first kappa shape index (κ1) is 15.9. The standard InChI is InChI=1S/C17H22N2O3/c1-10(2)19-11(3)13(17(18)20)9-15(19)14-8-12(21-4)6-7-16(14)22-5/h6-10H,1-5H3,(H2,18,20). The maximum absolute atomic E-state index is 11.7. The first-order chi connectivity index (χ1) is 10.4. The van der Waals surface area contributed by atoms with Crippen molar-refractivity contribution < 1.29 is 14.3 Å². The minimum absolute atomic E-state index is 0.180. The number of methoxy groups -OCH3 is 2. The molecule has 0 aliphatic carbocycles. The van der Waals surface area contributed by atoms with Crippen LogP contribution in [0.4, 0.5) is 0 Å². The van der Waals surface area contributed by atoms with E-state index in [0.29, 0.717) is 5.56 Å². The molecule has 1 aromatic heterocycles. The molecule has 0 saturated carbocycles. The van der Waals surface area contributed by atoms with E-state index in [4.69, 9.17) is 15.2 Å². The van der Waals surface area contributed by atoms with Gasteiger partial charge in [0.25, 0.3) is 5.91 Å². The molecule has 118 valence electrons. The summed E-state index contributed by atoms with van der Waals surface area (Å²) in [4.78, 5) is 11.7. The Bertz CT molecular complexity index is 702. The number of amides is 1. The van der Waals surface area contributed by atoms with E-state index in [1.807, 2.05) is 31.2 Å². The van der Waals surface area contributed by atoms with Gasteiger partial charge in [-0.3, -0.25) is 4.79 Å². The molecule has 0 spiro atoms. The van der Waals surface area contributed by atoms with E-state index in [1.54, 1.807) is 14.2 Å². The maximum atomic E-state index is 11.7. The average molecular weight is 302 g/mol. The van der Waals surface area contributed by atoms with Gasteiger partial charge in [0.05, 0.1) is 25.5 Å². The lowest BCUT2D eigenvalue weighted by molar-refractivity contribution is 0.0999. The third kappa shape index (κ3) is 2.66. The number of carbonyl (C=O) groups excluding carboxylic acids is 1. The van der Waals surface area contributed by atoms with Crippen LogP contribution in [0.2, 0.25) is 0 Å². The molecule has 0 atom stereocenters. The van der Waals surface area contributed by atoms with Crippen LogP contribution in [0.25, 0.3) is 11.3 Å². The second kappa shape index (κ2) is 6.13. The highest BCUT2D eigenvalue weighted by atomic mass is 16.5. The number of aromatic nitrogens is 1. The van der Waals surface area contributed by atoms with Crippen LogP contribution in [0.15, 0.2) is 24.3 Å². The molecule has 2 N–H and O–H groups in total. The molecule has 1 heterocycles. The lowest BCUT2D eigenvalue weighted by Crippen LogP contribution is -2.13. The molecule has 0 saturated heterocycles. The topological polar surface area (TPSA) is 66.5 Å². The Balaban J connectivity index is 2.76. The van der Waals surface area contributed by atoms with Crippen molar-refractivity contribution in [2.45, 2.75) is 26.8 Å². The molecule has 0 fully saturated rings. The zero-order valence-electron chi connectivity index (χ0n) is 13.6. The largest absolute Gasteiger partial charge is 0.497 e. The summed E-state index contributed by atoms with van der Waals surface area (Å²) in [6.07, 6.45) is 0. The van der Waals surface area contributed by atoms with Crippen LogP contribution in [0, 0.1) is 6.92 Å². The number of carbonyl (C=O) groups is 1. The van der Waals surface area contributed by atoms with Crippen molar-refractivity contribution in [2.75, 3.05) is 14.2 Å². The Kier molecular flexibility index (Phi) is 4.45. The highest BCUT2D eigenvalue weighted by Crippen LogP contribution is 2.37. The molecule has 0 aliphatic heterocycles. The van der Waals surface area contributed by atoms with Gasteiger partial charge in [0.2, 0.25) is 0 Å². The number of nitrogens with two attached hydrogens (primary N) is 1. The van der Waals surface area contributed by atoms with Gasteiger partial charge in [-0.25, -0.2) is 0 Å². The summed E-state index contributed by atoms with van der Waals surface area (Å²) in [5, 5.41) is 0. The Morgan fingerprint density at radius 1 is 1.18 bits per heavy atom. The van der Waals surface area contributed by atoms with Gasteiger partial charge >= 0.3 is 0 Å². The van der Waals surface area contributed by atoms with Gasteiger partial charge < -0.3 is 19.8 Å². The summed E-state index contributed by atoms with van der Waals surface area (Å²) in [5.41, 5.74) is 8.62. The summed E-state index contributed by atoms with van der Waals surface area (Å²) < 4.78 is 12.8. The molecule has 22 heavy (non-hydrogen) atoms. The van der Waals surface area contributed by atoms with Crippen molar-refractivity contribution in [3.05, 3.63) is 35.5 Å². The van der Waals surface area contributed by atoms with Gasteiger partial charge in [-0.2, -0.15) is 0 Å². The third-order valence-electron chi connectivity index (χ3n) is 3.76.